The number of nitrogens with zero attached hydrogens (tertiary/aromatic N) is 2. The fourth-order valence-corrected chi connectivity index (χ4v) is 2.24. The Morgan fingerprint density at radius 2 is 2.05 bits per heavy atom. The second-order valence-corrected chi connectivity index (χ2v) is 4.75. The van der Waals surface area contributed by atoms with Crippen molar-refractivity contribution in [2.75, 3.05) is 7.11 Å². The van der Waals surface area contributed by atoms with Crippen molar-refractivity contribution in [1.29, 1.82) is 5.26 Å². The molecule has 2 aromatic rings. The molecule has 0 unspecified atom stereocenters. The second kappa shape index (κ2) is 6.27. The summed E-state index contributed by atoms with van der Waals surface area (Å²) in [6, 6.07) is 7.82. The first kappa shape index (κ1) is 13.5. The molecule has 4 nitrogen and oxygen atoms in total. The van der Waals surface area contributed by atoms with Crippen molar-refractivity contribution in [2.24, 2.45) is 0 Å². The molecular weight excluding hydrogens is 267 g/mol. The van der Waals surface area contributed by atoms with E-state index in [-0.39, 0.29) is 12.4 Å². The van der Waals surface area contributed by atoms with E-state index in [4.69, 9.17) is 14.7 Å². The summed E-state index contributed by atoms with van der Waals surface area (Å²) in [4.78, 5) is 4.80. The van der Waals surface area contributed by atoms with Gasteiger partial charge in [0.15, 0.2) is 0 Å². The maximum Gasteiger partial charge on any atom is 0.140 e. The van der Waals surface area contributed by atoms with Crippen LogP contribution in [0.1, 0.15) is 15.6 Å². The molecule has 0 radical (unpaired) electrons. The minimum atomic E-state index is -0.309. The summed E-state index contributed by atoms with van der Waals surface area (Å²) >= 11 is 1.27. The van der Waals surface area contributed by atoms with Gasteiger partial charge in [0.25, 0.3) is 0 Å². The Balaban J connectivity index is 2.03. The number of halogens is 1. The van der Waals surface area contributed by atoms with Crippen LogP contribution in [0.5, 0.6) is 5.75 Å². The molecule has 1 heterocycles. The Morgan fingerprint density at radius 1 is 1.32 bits per heavy atom. The lowest BCUT2D eigenvalue weighted by molar-refractivity contribution is 0.181. The van der Waals surface area contributed by atoms with E-state index in [1.807, 2.05) is 0 Å². The van der Waals surface area contributed by atoms with Crippen molar-refractivity contribution < 1.29 is 13.9 Å². The summed E-state index contributed by atoms with van der Waals surface area (Å²) in [5, 5.41) is 9.64. The molecule has 0 aliphatic heterocycles. The van der Waals surface area contributed by atoms with Gasteiger partial charge in [-0.3, -0.25) is 0 Å². The van der Waals surface area contributed by atoms with Gasteiger partial charge in [-0.2, -0.15) is 5.26 Å². The molecule has 19 heavy (non-hydrogen) atoms. The van der Waals surface area contributed by atoms with E-state index in [1.165, 1.54) is 23.5 Å². The van der Waals surface area contributed by atoms with Gasteiger partial charge in [-0.15, -0.1) is 11.3 Å². The van der Waals surface area contributed by atoms with Gasteiger partial charge in [-0.1, -0.05) is 0 Å². The number of hydrogen-bond donors (Lipinski definition) is 0. The Bertz CT molecular complexity index is 590. The molecule has 0 atom stereocenters. The number of rotatable bonds is 5. The van der Waals surface area contributed by atoms with Crippen LogP contribution >= 0.6 is 11.3 Å². The molecule has 0 aliphatic carbocycles. The highest BCUT2D eigenvalue weighted by Gasteiger charge is 2.11. The molecule has 6 heteroatoms. The van der Waals surface area contributed by atoms with Crippen molar-refractivity contribution in [3.63, 3.8) is 0 Å². The average Bonchev–Trinajstić information content (AvgIpc) is 2.81. The van der Waals surface area contributed by atoms with Gasteiger partial charge in [0, 0.05) is 7.11 Å². The number of hydrogen-bond acceptors (Lipinski definition) is 5. The minimum Gasteiger partial charge on any atom is -0.486 e. The van der Waals surface area contributed by atoms with Gasteiger partial charge in [0.1, 0.15) is 34.1 Å². The highest BCUT2D eigenvalue weighted by molar-refractivity contribution is 7.12. The Hall–Kier alpha value is -1.97. The predicted octanol–water partition coefficient (Wildman–Crippen LogP) is 2.88. The van der Waals surface area contributed by atoms with Crippen molar-refractivity contribution in [3.05, 3.63) is 45.7 Å². The molecule has 0 spiro atoms. The Morgan fingerprint density at radius 3 is 2.68 bits per heavy atom. The average molecular weight is 278 g/mol. The normalized spacial score (nSPS) is 10.2. The van der Waals surface area contributed by atoms with E-state index in [2.05, 4.69) is 11.1 Å². The monoisotopic (exact) mass is 278 g/mol. The van der Waals surface area contributed by atoms with Gasteiger partial charge < -0.3 is 9.47 Å². The van der Waals surface area contributed by atoms with E-state index in [9.17, 15) is 4.39 Å². The van der Waals surface area contributed by atoms with Gasteiger partial charge in [0.05, 0.1) is 12.3 Å². The topological polar surface area (TPSA) is 55.1 Å². The molecule has 98 valence electrons. The lowest BCUT2D eigenvalue weighted by Gasteiger charge is -2.02. The van der Waals surface area contributed by atoms with Crippen LogP contribution in [0.2, 0.25) is 0 Å². The van der Waals surface area contributed by atoms with Crippen molar-refractivity contribution in [1.82, 2.24) is 4.98 Å². The van der Waals surface area contributed by atoms with E-state index in [0.29, 0.717) is 27.9 Å². The molecule has 0 saturated heterocycles. The number of aromatic nitrogens is 1. The van der Waals surface area contributed by atoms with Crippen LogP contribution in [0.4, 0.5) is 4.39 Å². The van der Waals surface area contributed by atoms with Crippen LogP contribution < -0.4 is 4.74 Å². The first-order valence-electron chi connectivity index (χ1n) is 5.49. The number of ether oxygens (including phenoxy) is 2. The first-order valence-corrected chi connectivity index (χ1v) is 6.30. The summed E-state index contributed by atoms with van der Waals surface area (Å²) < 4.78 is 23.2. The number of thiazole rings is 1. The third kappa shape index (κ3) is 3.50. The zero-order chi connectivity index (χ0) is 13.7. The summed E-state index contributed by atoms with van der Waals surface area (Å²) in [5.41, 5.74) is 0.618. The summed E-state index contributed by atoms with van der Waals surface area (Å²) in [6.07, 6.45) is 0. The highest BCUT2D eigenvalue weighted by atomic mass is 32.1. The SMILES string of the molecule is COCc1nc(COc2ccc(F)cc2)sc1C#N. The Labute approximate surface area is 114 Å². The van der Waals surface area contributed by atoms with E-state index >= 15 is 0 Å². The van der Waals surface area contributed by atoms with Crippen LogP contribution in [-0.4, -0.2) is 12.1 Å². The zero-order valence-electron chi connectivity index (χ0n) is 10.2. The van der Waals surface area contributed by atoms with Gasteiger partial charge in [0.2, 0.25) is 0 Å². The van der Waals surface area contributed by atoms with E-state index in [1.54, 1.807) is 19.2 Å². The number of benzene rings is 1. The van der Waals surface area contributed by atoms with Crippen LogP contribution in [0.3, 0.4) is 0 Å². The maximum atomic E-state index is 12.7. The largest absolute Gasteiger partial charge is 0.486 e. The van der Waals surface area contributed by atoms with Crippen LogP contribution in [0.15, 0.2) is 24.3 Å². The van der Waals surface area contributed by atoms with Crippen LogP contribution in [0, 0.1) is 17.1 Å². The molecule has 1 aromatic heterocycles. The van der Waals surface area contributed by atoms with Crippen LogP contribution in [-0.2, 0) is 18.0 Å². The van der Waals surface area contributed by atoms with E-state index < -0.39 is 0 Å². The maximum absolute atomic E-state index is 12.7. The third-order valence-corrected chi connectivity index (χ3v) is 3.28. The van der Waals surface area contributed by atoms with Crippen molar-refractivity contribution >= 4 is 11.3 Å². The highest BCUT2D eigenvalue weighted by Crippen LogP contribution is 2.20. The molecule has 0 amide bonds. The van der Waals surface area contributed by atoms with Gasteiger partial charge in [-0.25, -0.2) is 9.37 Å². The second-order valence-electron chi connectivity index (χ2n) is 3.67. The molecule has 0 saturated carbocycles. The number of methoxy groups -OCH3 is 1. The number of nitriles is 1. The summed E-state index contributed by atoms with van der Waals surface area (Å²) in [5.74, 6) is 0.249. The quantitative estimate of drug-likeness (QED) is 0.844. The summed E-state index contributed by atoms with van der Waals surface area (Å²) in [6.45, 7) is 0.546. The lowest BCUT2D eigenvalue weighted by atomic mass is 10.3. The van der Waals surface area contributed by atoms with Crippen molar-refractivity contribution in [3.8, 4) is 11.8 Å². The molecule has 0 N–H and O–H groups in total. The lowest BCUT2D eigenvalue weighted by Crippen LogP contribution is -1.96. The fourth-order valence-electron chi connectivity index (χ4n) is 1.46. The van der Waals surface area contributed by atoms with Crippen LogP contribution in [0.25, 0.3) is 0 Å². The Kier molecular flexibility index (Phi) is 4.44. The molecule has 0 aliphatic rings. The predicted molar refractivity (Wildman–Crippen MR) is 68.3 cm³/mol. The first-order chi connectivity index (χ1) is 9.22. The fraction of sp³-hybridized carbons (Fsp3) is 0.231. The molecule has 0 bridgehead atoms. The molecule has 1 aromatic carbocycles. The van der Waals surface area contributed by atoms with Gasteiger partial charge >= 0.3 is 0 Å². The minimum absolute atomic E-state index is 0.245. The molecule has 2 rings (SSSR count). The molecule has 0 fully saturated rings. The van der Waals surface area contributed by atoms with Crippen molar-refractivity contribution in [2.45, 2.75) is 13.2 Å². The third-order valence-electron chi connectivity index (χ3n) is 2.30. The zero-order valence-corrected chi connectivity index (χ0v) is 11.0. The van der Waals surface area contributed by atoms with Gasteiger partial charge in [-0.05, 0) is 24.3 Å². The van der Waals surface area contributed by atoms with E-state index in [0.717, 1.165) is 0 Å². The molecular formula is C13H11FN2O2S. The standard InChI is InChI=1S/C13H11FN2O2S/c1-17-7-11-12(6-15)19-13(16-11)8-18-10-4-2-9(14)3-5-10/h2-5H,7-8H2,1H3. The summed E-state index contributed by atoms with van der Waals surface area (Å²) in [7, 11) is 1.55. The smallest absolute Gasteiger partial charge is 0.140 e.